The van der Waals surface area contributed by atoms with Crippen molar-refractivity contribution in [1.29, 1.82) is 0 Å². The molecule has 0 saturated heterocycles. The number of rotatable bonds is 10. The molecule has 0 spiro atoms. The quantitative estimate of drug-likeness (QED) is 0.544. The zero-order chi connectivity index (χ0) is 11.5. The van der Waals surface area contributed by atoms with Crippen LogP contribution in [0, 0.1) is 0 Å². The van der Waals surface area contributed by atoms with Crippen molar-refractivity contribution in [3.63, 3.8) is 0 Å². The summed E-state index contributed by atoms with van der Waals surface area (Å²) in [5, 5.41) is 3.33. The minimum Gasteiger partial charge on any atom is -0.383 e. The van der Waals surface area contributed by atoms with Gasteiger partial charge in [-0.1, -0.05) is 6.92 Å². The van der Waals surface area contributed by atoms with Crippen molar-refractivity contribution in [3.05, 3.63) is 0 Å². The number of methoxy groups -OCH3 is 2. The van der Waals surface area contributed by atoms with E-state index in [9.17, 15) is 0 Å². The summed E-state index contributed by atoms with van der Waals surface area (Å²) < 4.78 is 10.3. The second-order valence-electron chi connectivity index (χ2n) is 3.69. The molecule has 4 nitrogen and oxygen atoms in total. The summed E-state index contributed by atoms with van der Waals surface area (Å²) in [7, 11) is 3.48. The third kappa shape index (κ3) is 7.73. The van der Waals surface area contributed by atoms with Crippen molar-refractivity contribution in [2.75, 3.05) is 53.6 Å². The van der Waals surface area contributed by atoms with E-state index in [0.717, 1.165) is 39.4 Å². The summed E-state index contributed by atoms with van der Waals surface area (Å²) in [5.41, 5.74) is 0. The van der Waals surface area contributed by atoms with Crippen LogP contribution in [0.2, 0.25) is 0 Å². The van der Waals surface area contributed by atoms with Crippen LogP contribution in [0.15, 0.2) is 0 Å². The Morgan fingerprint density at radius 1 is 1.20 bits per heavy atom. The average molecular weight is 218 g/mol. The van der Waals surface area contributed by atoms with E-state index in [0.29, 0.717) is 6.04 Å². The number of nitrogens with zero attached hydrogens (tertiary/aromatic N) is 1. The molecule has 0 aromatic rings. The minimum atomic E-state index is 0.448. The first-order valence-corrected chi connectivity index (χ1v) is 5.68. The van der Waals surface area contributed by atoms with E-state index < -0.39 is 0 Å². The van der Waals surface area contributed by atoms with Crippen molar-refractivity contribution in [1.82, 2.24) is 10.2 Å². The van der Waals surface area contributed by atoms with E-state index in [1.165, 1.54) is 0 Å². The van der Waals surface area contributed by atoms with Crippen molar-refractivity contribution in [2.24, 2.45) is 0 Å². The Kier molecular flexibility index (Phi) is 10.3. The highest BCUT2D eigenvalue weighted by molar-refractivity contribution is 4.67. The fourth-order valence-electron chi connectivity index (χ4n) is 1.51. The number of hydrogen-bond donors (Lipinski definition) is 1. The first kappa shape index (κ1) is 14.8. The predicted octanol–water partition coefficient (Wildman–Crippen LogP) is 0.579. The van der Waals surface area contributed by atoms with E-state index in [1.54, 1.807) is 14.2 Å². The summed E-state index contributed by atoms with van der Waals surface area (Å²) in [6.45, 7) is 9.92. The number of hydrogen-bond acceptors (Lipinski definition) is 4. The second kappa shape index (κ2) is 10.4. The second-order valence-corrected chi connectivity index (χ2v) is 3.69. The number of nitrogens with one attached hydrogen (secondary N) is 1. The van der Waals surface area contributed by atoms with Crippen LogP contribution in [0.1, 0.15) is 13.8 Å². The van der Waals surface area contributed by atoms with Gasteiger partial charge in [-0.2, -0.15) is 0 Å². The first-order chi connectivity index (χ1) is 7.26. The Labute approximate surface area is 93.9 Å². The van der Waals surface area contributed by atoms with Gasteiger partial charge in [0.15, 0.2) is 0 Å². The monoisotopic (exact) mass is 218 g/mol. The van der Waals surface area contributed by atoms with Crippen molar-refractivity contribution < 1.29 is 9.47 Å². The zero-order valence-corrected chi connectivity index (χ0v) is 10.6. The molecule has 1 atom stereocenters. The normalized spacial score (nSPS) is 13.4. The van der Waals surface area contributed by atoms with Gasteiger partial charge in [0.25, 0.3) is 0 Å². The Morgan fingerprint density at radius 2 is 1.93 bits per heavy atom. The summed E-state index contributed by atoms with van der Waals surface area (Å²) in [6.07, 6.45) is 0. The van der Waals surface area contributed by atoms with Crippen LogP contribution >= 0.6 is 0 Å². The predicted molar refractivity (Wildman–Crippen MR) is 63.3 cm³/mol. The summed E-state index contributed by atoms with van der Waals surface area (Å²) in [5.74, 6) is 0. The molecule has 4 heteroatoms. The molecule has 0 aliphatic heterocycles. The van der Waals surface area contributed by atoms with Crippen LogP contribution in [-0.2, 0) is 9.47 Å². The summed E-state index contributed by atoms with van der Waals surface area (Å²) in [4.78, 5) is 2.38. The van der Waals surface area contributed by atoms with Crippen LogP contribution in [0.4, 0.5) is 0 Å². The Balaban J connectivity index is 3.81. The molecule has 92 valence electrons. The first-order valence-electron chi connectivity index (χ1n) is 5.68. The number of ether oxygens (including phenoxy) is 2. The lowest BCUT2D eigenvalue weighted by molar-refractivity contribution is 0.0758. The van der Waals surface area contributed by atoms with Crippen LogP contribution < -0.4 is 5.32 Å². The van der Waals surface area contributed by atoms with Gasteiger partial charge in [-0.25, -0.2) is 0 Å². The molecule has 15 heavy (non-hydrogen) atoms. The molecule has 0 aromatic carbocycles. The molecule has 0 fully saturated rings. The highest BCUT2D eigenvalue weighted by atomic mass is 16.5. The topological polar surface area (TPSA) is 33.7 Å². The molecular weight excluding hydrogens is 192 g/mol. The Hall–Kier alpha value is -0.160. The fourth-order valence-corrected chi connectivity index (χ4v) is 1.51. The van der Waals surface area contributed by atoms with Crippen LogP contribution in [0.25, 0.3) is 0 Å². The molecular formula is C11H26N2O2. The van der Waals surface area contributed by atoms with Gasteiger partial charge < -0.3 is 14.8 Å². The Bertz CT molecular complexity index is 134. The molecule has 0 rings (SSSR count). The highest BCUT2D eigenvalue weighted by Crippen LogP contribution is 1.98. The Morgan fingerprint density at radius 3 is 2.47 bits per heavy atom. The smallest absolute Gasteiger partial charge is 0.0615 e. The lowest BCUT2D eigenvalue weighted by Gasteiger charge is -2.28. The molecule has 0 amide bonds. The minimum absolute atomic E-state index is 0.448. The lowest BCUT2D eigenvalue weighted by atomic mass is 10.3. The maximum atomic E-state index is 5.17. The van der Waals surface area contributed by atoms with Gasteiger partial charge in [0, 0.05) is 39.9 Å². The maximum absolute atomic E-state index is 5.17. The molecule has 0 saturated carbocycles. The van der Waals surface area contributed by atoms with Gasteiger partial charge in [0.1, 0.15) is 0 Å². The third-order valence-electron chi connectivity index (χ3n) is 2.44. The molecule has 0 heterocycles. The van der Waals surface area contributed by atoms with Gasteiger partial charge >= 0.3 is 0 Å². The van der Waals surface area contributed by atoms with Gasteiger partial charge in [-0.15, -0.1) is 0 Å². The zero-order valence-electron chi connectivity index (χ0n) is 10.6. The SMILES string of the molecule is CCNCCN(CCOC)C(C)COC. The van der Waals surface area contributed by atoms with Crippen molar-refractivity contribution in [3.8, 4) is 0 Å². The van der Waals surface area contributed by atoms with E-state index >= 15 is 0 Å². The molecule has 1 unspecified atom stereocenters. The lowest BCUT2D eigenvalue weighted by Crippen LogP contribution is -2.42. The fraction of sp³-hybridized carbons (Fsp3) is 1.00. The third-order valence-corrected chi connectivity index (χ3v) is 2.44. The number of likely N-dealkylation sites (N-methyl/N-ethyl adjacent to an activating group) is 1. The van der Waals surface area contributed by atoms with Crippen LogP contribution in [-0.4, -0.2) is 64.6 Å². The molecule has 0 radical (unpaired) electrons. The average Bonchev–Trinajstić information content (AvgIpc) is 2.23. The van der Waals surface area contributed by atoms with Gasteiger partial charge in [-0.05, 0) is 13.5 Å². The molecule has 0 aliphatic carbocycles. The van der Waals surface area contributed by atoms with Crippen LogP contribution in [0.3, 0.4) is 0 Å². The summed E-state index contributed by atoms with van der Waals surface area (Å²) >= 11 is 0. The van der Waals surface area contributed by atoms with E-state index in [4.69, 9.17) is 9.47 Å². The van der Waals surface area contributed by atoms with Crippen molar-refractivity contribution in [2.45, 2.75) is 19.9 Å². The standard InChI is InChI=1S/C11H26N2O2/c1-5-12-6-7-13(8-9-14-3)11(2)10-15-4/h11-12H,5-10H2,1-4H3. The highest BCUT2D eigenvalue weighted by Gasteiger charge is 2.12. The largest absolute Gasteiger partial charge is 0.383 e. The van der Waals surface area contributed by atoms with Gasteiger partial charge in [-0.3, -0.25) is 4.90 Å². The molecule has 0 aliphatic rings. The molecule has 0 bridgehead atoms. The van der Waals surface area contributed by atoms with Crippen molar-refractivity contribution >= 4 is 0 Å². The van der Waals surface area contributed by atoms with Gasteiger partial charge in [0.2, 0.25) is 0 Å². The molecule has 1 N–H and O–H groups in total. The van der Waals surface area contributed by atoms with E-state index in [-0.39, 0.29) is 0 Å². The van der Waals surface area contributed by atoms with E-state index in [1.807, 2.05) is 0 Å². The van der Waals surface area contributed by atoms with E-state index in [2.05, 4.69) is 24.1 Å². The maximum Gasteiger partial charge on any atom is 0.0615 e. The molecule has 0 aromatic heterocycles. The van der Waals surface area contributed by atoms with Crippen LogP contribution in [0.5, 0.6) is 0 Å². The summed E-state index contributed by atoms with van der Waals surface area (Å²) in [6, 6.07) is 0.448. The van der Waals surface area contributed by atoms with Gasteiger partial charge in [0.05, 0.1) is 13.2 Å².